The van der Waals surface area contributed by atoms with Gasteiger partial charge >= 0.3 is 0 Å². The Labute approximate surface area is 174 Å². The van der Waals surface area contributed by atoms with Crippen LogP contribution in [0, 0.1) is 0 Å². The minimum absolute atomic E-state index is 0.0895. The highest BCUT2D eigenvalue weighted by atomic mass is 35.5. The van der Waals surface area contributed by atoms with Gasteiger partial charge in [0.25, 0.3) is 0 Å². The number of hydrogen-bond donors (Lipinski definition) is 4. The van der Waals surface area contributed by atoms with Crippen molar-refractivity contribution in [1.29, 1.82) is 0 Å². The summed E-state index contributed by atoms with van der Waals surface area (Å²) in [6.07, 6.45) is 6.57. The van der Waals surface area contributed by atoms with E-state index in [1.807, 2.05) is 11.0 Å². The fourth-order valence-electron chi connectivity index (χ4n) is 3.32. The first-order valence-corrected chi connectivity index (χ1v) is 9.88. The van der Waals surface area contributed by atoms with E-state index < -0.39 is 0 Å². The average molecular weight is 417 g/mol. The highest BCUT2D eigenvalue weighted by molar-refractivity contribution is 6.31. The van der Waals surface area contributed by atoms with Gasteiger partial charge in [-0.15, -0.1) is 0 Å². The van der Waals surface area contributed by atoms with Crippen molar-refractivity contribution in [3.63, 3.8) is 0 Å². The Balaban J connectivity index is 0.000000200. The molecular formula is C20H25ClN6O2. The molecule has 1 aliphatic rings. The lowest BCUT2D eigenvalue weighted by Gasteiger charge is -2.33. The summed E-state index contributed by atoms with van der Waals surface area (Å²) in [4.78, 5) is 24.7. The number of rotatable bonds is 3. The van der Waals surface area contributed by atoms with Crippen molar-refractivity contribution in [1.82, 2.24) is 19.9 Å². The highest BCUT2D eigenvalue weighted by Gasteiger charge is 2.22. The molecule has 1 fully saturated rings. The van der Waals surface area contributed by atoms with E-state index in [4.69, 9.17) is 17.3 Å². The summed E-state index contributed by atoms with van der Waals surface area (Å²) in [7, 11) is 0. The molecule has 154 valence electrons. The van der Waals surface area contributed by atoms with E-state index in [0.717, 1.165) is 30.4 Å². The van der Waals surface area contributed by atoms with Gasteiger partial charge in [0.1, 0.15) is 23.5 Å². The molecule has 0 aliphatic carbocycles. The van der Waals surface area contributed by atoms with Crippen LogP contribution in [-0.2, 0) is 4.79 Å². The number of piperidine rings is 1. The number of H-pyrrole nitrogens is 1. The summed E-state index contributed by atoms with van der Waals surface area (Å²) in [5.74, 6) is 0.701. The van der Waals surface area contributed by atoms with Crippen LogP contribution in [0.5, 0.6) is 5.75 Å². The van der Waals surface area contributed by atoms with Crippen molar-refractivity contribution in [2.75, 3.05) is 24.1 Å². The predicted molar refractivity (Wildman–Crippen MR) is 115 cm³/mol. The molecule has 1 atom stereocenters. The number of nitrogens with one attached hydrogen (secondary N) is 2. The highest BCUT2D eigenvalue weighted by Crippen LogP contribution is 2.23. The number of anilines is 2. The van der Waals surface area contributed by atoms with E-state index >= 15 is 0 Å². The third-order valence-electron chi connectivity index (χ3n) is 4.83. The van der Waals surface area contributed by atoms with E-state index in [0.29, 0.717) is 22.6 Å². The zero-order valence-electron chi connectivity index (χ0n) is 16.2. The second-order valence-corrected chi connectivity index (χ2v) is 7.42. The summed E-state index contributed by atoms with van der Waals surface area (Å²) in [6.45, 7) is 3.15. The molecule has 3 heterocycles. The van der Waals surface area contributed by atoms with Crippen LogP contribution in [0.3, 0.4) is 0 Å². The van der Waals surface area contributed by atoms with Gasteiger partial charge in [-0.3, -0.25) is 4.79 Å². The van der Waals surface area contributed by atoms with Crippen LogP contribution in [0.15, 0.2) is 36.8 Å². The first kappa shape index (κ1) is 20.7. The van der Waals surface area contributed by atoms with Gasteiger partial charge in [0.15, 0.2) is 0 Å². The molecule has 29 heavy (non-hydrogen) atoms. The SMILES string of the molecule is C[C@@H]1CCCCN1C(=O)CNc1cc(O)cc(Cl)c1.Nc1ncnc2[nH]ccc12. The topological polar surface area (TPSA) is 120 Å². The van der Waals surface area contributed by atoms with E-state index in [1.54, 1.807) is 18.3 Å². The number of amides is 1. The van der Waals surface area contributed by atoms with E-state index in [-0.39, 0.29) is 18.2 Å². The second-order valence-electron chi connectivity index (χ2n) is 6.98. The molecule has 1 saturated heterocycles. The van der Waals surface area contributed by atoms with Crippen LogP contribution in [0.2, 0.25) is 5.02 Å². The van der Waals surface area contributed by atoms with Crippen LogP contribution in [0.25, 0.3) is 11.0 Å². The van der Waals surface area contributed by atoms with Gasteiger partial charge in [-0.2, -0.15) is 0 Å². The molecule has 9 heteroatoms. The summed E-state index contributed by atoms with van der Waals surface area (Å²) >= 11 is 5.84. The van der Waals surface area contributed by atoms with Gasteiger partial charge in [-0.1, -0.05) is 11.6 Å². The van der Waals surface area contributed by atoms with Gasteiger partial charge in [-0.25, -0.2) is 9.97 Å². The number of phenols is 1. The maximum absolute atomic E-state index is 12.1. The zero-order chi connectivity index (χ0) is 20.8. The molecule has 1 aliphatic heterocycles. The van der Waals surface area contributed by atoms with E-state index in [2.05, 4.69) is 27.2 Å². The molecule has 1 aromatic carbocycles. The van der Waals surface area contributed by atoms with Crippen LogP contribution in [0.1, 0.15) is 26.2 Å². The van der Waals surface area contributed by atoms with Gasteiger partial charge in [0.2, 0.25) is 5.91 Å². The Kier molecular flexibility index (Phi) is 6.77. The number of likely N-dealkylation sites (tertiary alicyclic amines) is 1. The number of nitrogen functional groups attached to an aromatic ring is 1. The third kappa shape index (κ3) is 5.51. The maximum Gasteiger partial charge on any atom is 0.242 e. The number of aromatic nitrogens is 3. The lowest BCUT2D eigenvalue weighted by Crippen LogP contribution is -2.44. The molecule has 3 aromatic rings. The Morgan fingerprint density at radius 3 is 2.93 bits per heavy atom. The van der Waals surface area contributed by atoms with Crippen LogP contribution < -0.4 is 11.1 Å². The van der Waals surface area contributed by atoms with Gasteiger partial charge in [-0.05, 0) is 44.4 Å². The number of benzene rings is 1. The van der Waals surface area contributed by atoms with Crippen LogP contribution in [0.4, 0.5) is 11.5 Å². The molecule has 8 nitrogen and oxygen atoms in total. The molecule has 0 radical (unpaired) electrons. The van der Waals surface area contributed by atoms with Crippen LogP contribution >= 0.6 is 11.6 Å². The fourth-order valence-corrected chi connectivity index (χ4v) is 3.55. The fraction of sp³-hybridized carbons (Fsp3) is 0.350. The van der Waals surface area contributed by atoms with Crippen molar-refractivity contribution in [3.05, 3.63) is 41.8 Å². The number of hydrogen-bond acceptors (Lipinski definition) is 6. The van der Waals surface area contributed by atoms with Crippen molar-refractivity contribution in [2.45, 2.75) is 32.2 Å². The minimum atomic E-state index is 0.0895. The number of carbonyl (C=O) groups excluding carboxylic acids is 1. The van der Waals surface area contributed by atoms with Crippen molar-refractivity contribution >= 4 is 40.0 Å². The molecule has 2 aromatic heterocycles. The first-order valence-electron chi connectivity index (χ1n) is 9.50. The van der Waals surface area contributed by atoms with Crippen LogP contribution in [-0.4, -0.2) is 50.0 Å². The molecule has 0 saturated carbocycles. The quantitative estimate of drug-likeness (QED) is 0.519. The number of nitrogens with zero attached hydrogens (tertiary/aromatic N) is 3. The molecule has 0 unspecified atom stereocenters. The number of halogens is 1. The van der Waals surface area contributed by atoms with Crippen molar-refractivity contribution in [3.8, 4) is 5.75 Å². The molecule has 0 bridgehead atoms. The lowest BCUT2D eigenvalue weighted by molar-refractivity contribution is -0.132. The van der Waals surface area contributed by atoms with Gasteiger partial charge in [0.05, 0.1) is 11.9 Å². The molecule has 1 amide bonds. The monoisotopic (exact) mass is 416 g/mol. The largest absolute Gasteiger partial charge is 0.508 e. The smallest absolute Gasteiger partial charge is 0.242 e. The minimum Gasteiger partial charge on any atom is -0.508 e. The maximum atomic E-state index is 12.1. The Morgan fingerprint density at radius 2 is 2.21 bits per heavy atom. The molecule has 0 spiro atoms. The van der Waals surface area contributed by atoms with Crippen molar-refractivity contribution in [2.24, 2.45) is 0 Å². The average Bonchev–Trinajstić information content (AvgIpc) is 3.17. The van der Waals surface area contributed by atoms with E-state index in [1.165, 1.54) is 18.8 Å². The second kappa shape index (κ2) is 9.47. The van der Waals surface area contributed by atoms with Gasteiger partial charge in [0, 0.05) is 35.6 Å². The number of aromatic amines is 1. The normalized spacial score (nSPS) is 16.2. The standard InChI is InChI=1S/C14H19ClN2O2.C6H6N4/c1-10-4-2-3-5-17(10)14(19)9-16-12-6-11(15)7-13(18)8-12;7-5-4-1-2-8-6(4)10-3-9-5/h6-8,10,16,18H,2-5,9H2,1H3;1-3H,(H3,7,8,9,10)/t10-;/m1./s1. The predicted octanol–water partition coefficient (Wildman–Crippen LogP) is 3.40. The van der Waals surface area contributed by atoms with E-state index in [9.17, 15) is 9.90 Å². The number of aromatic hydroxyl groups is 1. The summed E-state index contributed by atoms with van der Waals surface area (Å²) in [5.41, 5.74) is 6.97. The first-order chi connectivity index (χ1) is 13.9. The number of fused-ring (bicyclic) bond motifs is 1. The number of phenolic OH excluding ortho intramolecular Hbond substituents is 1. The lowest BCUT2D eigenvalue weighted by atomic mass is 10.0. The van der Waals surface area contributed by atoms with Gasteiger partial charge < -0.3 is 26.0 Å². The Morgan fingerprint density at radius 1 is 1.38 bits per heavy atom. The van der Waals surface area contributed by atoms with Crippen molar-refractivity contribution < 1.29 is 9.90 Å². The number of nitrogens with two attached hydrogens (primary N) is 1. The number of carbonyl (C=O) groups is 1. The summed E-state index contributed by atoms with van der Waals surface area (Å²) in [5, 5.41) is 13.8. The third-order valence-corrected chi connectivity index (χ3v) is 5.05. The molecule has 4 rings (SSSR count). The Bertz CT molecular complexity index is 956. The molecular weight excluding hydrogens is 392 g/mol. The zero-order valence-corrected chi connectivity index (χ0v) is 17.0. The summed E-state index contributed by atoms with van der Waals surface area (Å²) in [6, 6.07) is 6.87. The summed E-state index contributed by atoms with van der Waals surface area (Å²) < 4.78 is 0. The molecule has 5 N–H and O–H groups in total. The Hall–Kier alpha value is -3.00.